The Balaban J connectivity index is 0.000000861. The van der Waals surface area contributed by atoms with Gasteiger partial charge in [-0.25, -0.2) is 0 Å². The van der Waals surface area contributed by atoms with E-state index in [1.807, 2.05) is 51.1 Å². The van der Waals surface area contributed by atoms with Crippen molar-refractivity contribution in [3.8, 4) is 0 Å². The number of carbonyl (C=O) groups excluding carboxylic acids is 1. The summed E-state index contributed by atoms with van der Waals surface area (Å²) >= 11 is 0. The van der Waals surface area contributed by atoms with Crippen molar-refractivity contribution in [2.24, 2.45) is 0 Å². The van der Waals surface area contributed by atoms with E-state index in [1.54, 1.807) is 6.92 Å². The smallest absolute Gasteiger partial charge is 0.159 e. The van der Waals surface area contributed by atoms with Crippen LogP contribution in [0.4, 0.5) is 0 Å². The highest BCUT2D eigenvalue weighted by Gasteiger charge is 2.36. The topological polar surface area (TPSA) is 35.5 Å². The van der Waals surface area contributed by atoms with Gasteiger partial charge in [0.25, 0.3) is 0 Å². The quantitative estimate of drug-likeness (QED) is 0.837. The Labute approximate surface area is 115 Å². The Hall–Kier alpha value is -1.19. The first-order valence-electron chi connectivity index (χ1n) is 6.93. The molecule has 1 fully saturated rings. The summed E-state index contributed by atoms with van der Waals surface area (Å²) in [5.41, 5.74) is 0.489. The van der Waals surface area contributed by atoms with Crippen LogP contribution in [0.2, 0.25) is 0 Å². The lowest BCUT2D eigenvalue weighted by Gasteiger charge is -2.29. The summed E-state index contributed by atoms with van der Waals surface area (Å²) in [5, 5.41) is 0. The molecule has 2 rings (SSSR count). The fourth-order valence-corrected chi connectivity index (χ4v) is 2.13. The van der Waals surface area contributed by atoms with Gasteiger partial charge in [-0.05, 0) is 19.4 Å². The molecule has 1 aromatic rings. The monoisotopic (exact) mass is 264 g/mol. The molecule has 1 aromatic carbocycles. The van der Waals surface area contributed by atoms with Crippen LogP contribution in [-0.2, 0) is 19.7 Å². The molecule has 1 atom stereocenters. The van der Waals surface area contributed by atoms with Crippen LogP contribution in [0.1, 0.15) is 39.7 Å². The number of carbonyl (C=O) groups is 1. The second-order valence-corrected chi connectivity index (χ2v) is 4.63. The molecule has 1 unspecified atom stereocenters. The molecule has 0 saturated carbocycles. The summed E-state index contributed by atoms with van der Waals surface area (Å²) < 4.78 is 10.9. The zero-order valence-electron chi connectivity index (χ0n) is 12.3. The van der Waals surface area contributed by atoms with Gasteiger partial charge in [-0.2, -0.15) is 0 Å². The Morgan fingerprint density at radius 3 is 2.21 bits per heavy atom. The van der Waals surface area contributed by atoms with E-state index in [4.69, 9.17) is 9.47 Å². The van der Waals surface area contributed by atoms with Gasteiger partial charge in [-0.3, -0.25) is 4.79 Å². The number of hydrogen-bond acceptors (Lipinski definition) is 3. The zero-order valence-corrected chi connectivity index (χ0v) is 12.3. The fourth-order valence-electron chi connectivity index (χ4n) is 2.13. The molecule has 0 N–H and O–H groups in total. The number of Topliss-reactive ketones (excluding diaryl/α,β-unsaturated/α-hetero) is 1. The molecule has 1 aliphatic heterocycles. The molecule has 1 heterocycles. The molecular weight excluding hydrogens is 240 g/mol. The van der Waals surface area contributed by atoms with Gasteiger partial charge in [-0.15, -0.1) is 0 Å². The SMILES string of the molecule is CC.CC(=O)C(C)(CC1OCCO1)c1ccccc1. The highest BCUT2D eigenvalue weighted by molar-refractivity contribution is 5.87. The average Bonchev–Trinajstić information content (AvgIpc) is 2.94. The first-order chi connectivity index (χ1) is 9.13. The highest BCUT2D eigenvalue weighted by Crippen LogP contribution is 2.32. The van der Waals surface area contributed by atoms with Gasteiger partial charge < -0.3 is 9.47 Å². The maximum absolute atomic E-state index is 11.9. The molecule has 3 nitrogen and oxygen atoms in total. The van der Waals surface area contributed by atoms with E-state index < -0.39 is 5.41 Å². The largest absolute Gasteiger partial charge is 0.350 e. The molecule has 0 aliphatic carbocycles. The molecule has 1 aliphatic rings. The van der Waals surface area contributed by atoms with Gasteiger partial charge in [0.1, 0.15) is 5.78 Å². The van der Waals surface area contributed by atoms with Gasteiger partial charge in [-0.1, -0.05) is 44.2 Å². The molecule has 0 aromatic heterocycles. The third-order valence-corrected chi connectivity index (χ3v) is 3.45. The number of hydrogen-bond donors (Lipinski definition) is 0. The van der Waals surface area contributed by atoms with Crippen molar-refractivity contribution in [2.45, 2.75) is 45.8 Å². The van der Waals surface area contributed by atoms with Crippen LogP contribution >= 0.6 is 0 Å². The van der Waals surface area contributed by atoms with Crippen molar-refractivity contribution < 1.29 is 14.3 Å². The maximum Gasteiger partial charge on any atom is 0.159 e. The number of benzene rings is 1. The lowest BCUT2D eigenvalue weighted by molar-refractivity contribution is -0.126. The minimum atomic E-state index is -0.531. The van der Waals surface area contributed by atoms with Crippen LogP contribution < -0.4 is 0 Å². The van der Waals surface area contributed by atoms with Crippen molar-refractivity contribution >= 4 is 5.78 Å². The summed E-state index contributed by atoms with van der Waals surface area (Å²) in [7, 11) is 0. The number of ether oxygens (including phenoxy) is 2. The molecule has 19 heavy (non-hydrogen) atoms. The van der Waals surface area contributed by atoms with Gasteiger partial charge in [0.15, 0.2) is 6.29 Å². The van der Waals surface area contributed by atoms with Crippen LogP contribution in [0.15, 0.2) is 30.3 Å². The summed E-state index contributed by atoms with van der Waals surface area (Å²) in [6, 6.07) is 9.82. The fraction of sp³-hybridized carbons (Fsp3) is 0.562. The number of ketones is 1. The van der Waals surface area contributed by atoms with Crippen LogP contribution in [0.3, 0.4) is 0 Å². The summed E-state index contributed by atoms with van der Waals surface area (Å²) in [4.78, 5) is 11.9. The normalized spacial score (nSPS) is 18.3. The van der Waals surface area contributed by atoms with Crippen molar-refractivity contribution in [3.63, 3.8) is 0 Å². The lowest BCUT2D eigenvalue weighted by atomic mass is 9.76. The first-order valence-corrected chi connectivity index (χ1v) is 6.93. The van der Waals surface area contributed by atoms with Crippen LogP contribution in [0, 0.1) is 0 Å². The van der Waals surface area contributed by atoms with Crippen LogP contribution in [-0.4, -0.2) is 25.3 Å². The van der Waals surface area contributed by atoms with E-state index >= 15 is 0 Å². The molecule has 0 radical (unpaired) electrons. The average molecular weight is 264 g/mol. The van der Waals surface area contributed by atoms with Crippen LogP contribution in [0.5, 0.6) is 0 Å². The van der Waals surface area contributed by atoms with Gasteiger partial charge >= 0.3 is 0 Å². The highest BCUT2D eigenvalue weighted by atomic mass is 16.7. The molecule has 0 amide bonds. The molecule has 0 spiro atoms. The van der Waals surface area contributed by atoms with E-state index in [9.17, 15) is 4.79 Å². The summed E-state index contributed by atoms with van der Waals surface area (Å²) in [6.07, 6.45) is 0.316. The van der Waals surface area contributed by atoms with Gasteiger partial charge in [0.2, 0.25) is 0 Å². The Bertz CT molecular complexity index is 382. The molecule has 1 saturated heterocycles. The van der Waals surface area contributed by atoms with Crippen molar-refractivity contribution in [1.29, 1.82) is 0 Å². The van der Waals surface area contributed by atoms with Crippen molar-refractivity contribution in [3.05, 3.63) is 35.9 Å². The minimum Gasteiger partial charge on any atom is -0.350 e. The molecule has 0 bridgehead atoms. The minimum absolute atomic E-state index is 0.141. The van der Waals surface area contributed by atoms with Crippen LogP contribution in [0.25, 0.3) is 0 Å². The second kappa shape index (κ2) is 7.41. The molecular formula is C16H24O3. The molecule has 106 valence electrons. The maximum atomic E-state index is 11.9. The van der Waals surface area contributed by atoms with E-state index in [1.165, 1.54) is 0 Å². The van der Waals surface area contributed by atoms with E-state index in [2.05, 4.69) is 0 Å². The molecule has 3 heteroatoms. The Morgan fingerprint density at radius 1 is 1.21 bits per heavy atom. The predicted molar refractivity (Wildman–Crippen MR) is 76.1 cm³/mol. The predicted octanol–water partition coefficient (Wildman–Crippen LogP) is 3.32. The summed E-state index contributed by atoms with van der Waals surface area (Å²) in [5.74, 6) is 0.141. The Kier molecular flexibility index (Phi) is 6.19. The lowest BCUT2D eigenvalue weighted by Crippen LogP contribution is -2.35. The second-order valence-electron chi connectivity index (χ2n) is 4.63. The summed E-state index contributed by atoms with van der Waals surface area (Å²) in [6.45, 7) is 8.82. The standard InChI is InChI=1S/C14H18O3.C2H6/c1-11(15)14(2,10-13-16-8-9-17-13)12-6-4-3-5-7-12;1-2/h3-7,13H,8-10H2,1-2H3;1-2H3. The Morgan fingerprint density at radius 2 is 1.74 bits per heavy atom. The number of rotatable bonds is 4. The van der Waals surface area contributed by atoms with Gasteiger partial charge in [0, 0.05) is 6.42 Å². The van der Waals surface area contributed by atoms with E-state index in [0.717, 1.165) is 5.56 Å². The van der Waals surface area contributed by atoms with Crippen molar-refractivity contribution in [1.82, 2.24) is 0 Å². The third-order valence-electron chi connectivity index (χ3n) is 3.45. The first kappa shape index (κ1) is 15.9. The van der Waals surface area contributed by atoms with E-state index in [-0.39, 0.29) is 12.1 Å². The van der Waals surface area contributed by atoms with Gasteiger partial charge in [0.05, 0.1) is 18.6 Å². The zero-order chi connectivity index (χ0) is 14.3. The van der Waals surface area contributed by atoms with Crippen molar-refractivity contribution in [2.75, 3.05) is 13.2 Å². The third kappa shape index (κ3) is 3.88. The van der Waals surface area contributed by atoms with E-state index in [0.29, 0.717) is 19.6 Å².